The fourth-order valence-electron chi connectivity index (χ4n) is 8.92. The van der Waals surface area contributed by atoms with Crippen LogP contribution in [0.25, 0.3) is 43.1 Å². The lowest BCUT2D eigenvalue weighted by Crippen LogP contribution is -2.12. The van der Waals surface area contributed by atoms with Gasteiger partial charge < -0.3 is 4.90 Å². The molecule has 0 saturated heterocycles. The van der Waals surface area contributed by atoms with Crippen LogP contribution in [-0.2, 0) is 0 Å². The molecule has 0 amide bonds. The zero-order valence-electron chi connectivity index (χ0n) is 26.1. The normalized spacial score (nSPS) is 16.7. The van der Waals surface area contributed by atoms with E-state index in [1.54, 1.807) is 0 Å². The van der Waals surface area contributed by atoms with Crippen molar-refractivity contribution in [3.63, 3.8) is 0 Å². The lowest BCUT2D eigenvalue weighted by atomic mass is 9.84. The van der Waals surface area contributed by atoms with E-state index in [0.717, 1.165) is 0 Å². The van der Waals surface area contributed by atoms with Gasteiger partial charge in [-0.05, 0) is 117 Å². The van der Waals surface area contributed by atoms with Gasteiger partial charge in [-0.15, -0.1) is 0 Å². The van der Waals surface area contributed by atoms with Crippen LogP contribution in [-0.4, -0.2) is 0 Å². The summed E-state index contributed by atoms with van der Waals surface area (Å²) in [5.41, 5.74) is 6.74. The standard InChI is InChI=1S/C44H41N/c1-3-10-30(11-4-1)32-20-25-36(26-21-32)45(37-27-22-33(23-28-37)31-12-5-2-6-13-31)41-29-24-35-16-8-18-39-38-17-7-14-34-15-9-19-40(42(34)38)44(41)43(35)39/h7-9,14-31H,1-6,10-13H2. The average Bonchev–Trinajstić information content (AvgIpc) is 3.12. The lowest BCUT2D eigenvalue weighted by Gasteiger charge is -2.30. The second-order valence-electron chi connectivity index (χ2n) is 13.8. The molecular weight excluding hydrogens is 542 g/mol. The van der Waals surface area contributed by atoms with Crippen molar-refractivity contribution in [2.75, 3.05) is 4.90 Å². The molecule has 7 aromatic rings. The summed E-state index contributed by atoms with van der Waals surface area (Å²) in [6.07, 6.45) is 13.5. The molecule has 0 unspecified atom stereocenters. The lowest BCUT2D eigenvalue weighted by molar-refractivity contribution is 0.443. The molecule has 1 heteroatoms. The summed E-state index contributed by atoms with van der Waals surface area (Å²) in [6, 6.07) is 44.4. The summed E-state index contributed by atoms with van der Waals surface area (Å²) < 4.78 is 0. The van der Waals surface area contributed by atoms with Crippen molar-refractivity contribution in [1.29, 1.82) is 0 Å². The number of nitrogens with zero attached hydrogens (tertiary/aromatic N) is 1. The topological polar surface area (TPSA) is 3.24 Å². The second-order valence-corrected chi connectivity index (χ2v) is 13.8. The number of hydrogen-bond donors (Lipinski definition) is 0. The van der Waals surface area contributed by atoms with E-state index in [2.05, 4.69) is 120 Å². The third-order valence-electron chi connectivity index (χ3n) is 11.2. The Morgan fingerprint density at radius 2 is 0.844 bits per heavy atom. The van der Waals surface area contributed by atoms with Crippen molar-refractivity contribution < 1.29 is 0 Å². The van der Waals surface area contributed by atoms with Crippen LogP contribution in [0.1, 0.15) is 87.2 Å². The van der Waals surface area contributed by atoms with Gasteiger partial charge in [0.1, 0.15) is 0 Å². The van der Waals surface area contributed by atoms with Gasteiger partial charge in [0.2, 0.25) is 0 Å². The van der Waals surface area contributed by atoms with Crippen molar-refractivity contribution in [3.05, 3.63) is 126 Å². The molecule has 0 aromatic heterocycles. The number of hydrogen-bond acceptors (Lipinski definition) is 1. The second kappa shape index (κ2) is 11.2. The van der Waals surface area contributed by atoms with Crippen molar-refractivity contribution in [2.24, 2.45) is 0 Å². The summed E-state index contributed by atoms with van der Waals surface area (Å²) in [5.74, 6) is 1.41. The van der Waals surface area contributed by atoms with Crippen molar-refractivity contribution in [2.45, 2.75) is 76.0 Å². The smallest absolute Gasteiger partial charge is 0.0546 e. The molecule has 0 spiro atoms. The molecule has 2 fully saturated rings. The first-order valence-corrected chi connectivity index (χ1v) is 17.4. The van der Waals surface area contributed by atoms with E-state index in [9.17, 15) is 0 Å². The molecule has 1 nitrogen and oxygen atoms in total. The quantitative estimate of drug-likeness (QED) is 0.144. The molecule has 9 rings (SSSR count). The SMILES string of the molecule is c1cc2cccc3c4c(N(c5ccc(C6CCCCC6)cc5)c5ccc(C6CCCCC6)cc5)ccc5cccc(c(c1)c23)c54. The molecule has 0 N–H and O–H groups in total. The Balaban J connectivity index is 1.27. The van der Waals surface area contributed by atoms with Gasteiger partial charge >= 0.3 is 0 Å². The van der Waals surface area contributed by atoms with Gasteiger partial charge in [-0.3, -0.25) is 0 Å². The fourth-order valence-corrected chi connectivity index (χ4v) is 8.92. The van der Waals surface area contributed by atoms with E-state index in [1.165, 1.54) is 135 Å². The zero-order valence-corrected chi connectivity index (χ0v) is 26.1. The van der Waals surface area contributed by atoms with E-state index in [4.69, 9.17) is 0 Å². The van der Waals surface area contributed by atoms with Crippen LogP contribution in [0.15, 0.2) is 115 Å². The first-order valence-electron chi connectivity index (χ1n) is 17.4. The maximum atomic E-state index is 2.54. The van der Waals surface area contributed by atoms with Gasteiger partial charge in [0.25, 0.3) is 0 Å². The Hall–Kier alpha value is -4.36. The predicted octanol–water partition coefficient (Wildman–Crippen LogP) is 13.3. The predicted molar refractivity (Wildman–Crippen MR) is 194 cm³/mol. The van der Waals surface area contributed by atoms with Crippen molar-refractivity contribution in [3.8, 4) is 0 Å². The monoisotopic (exact) mass is 583 g/mol. The maximum Gasteiger partial charge on any atom is 0.0546 e. The van der Waals surface area contributed by atoms with Gasteiger partial charge in [-0.25, -0.2) is 0 Å². The Bertz CT molecular complexity index is 2040. The van der Waals surface area contributed by atoms with Gasteiger partial charge in [0.05, 0.1) is 5.69 Å². The third-order valence-corrected chi connectivity index (χ3v) is 11.2. The maximum absolute atomic E-state index is 2.54. The molecule has 0 aliphatic heterocycles. The van der Waals surface area contributed by atoms with E-state index in [1.807, 2.05) is 0 Å². The van der Waals surface area contributed by atoms with E-state index < -0.39 is 0 Å². The van der Waals surface area contributed by atoms with Gasteiger partial charge in [-0.2, -0.15) is 0 Å². The molecule has 2 saturated carbocycles. The van der Waals surface area contributed by atoms with Gasteiger partial charge in [-0.1, -0.05) is 123 Å². The first-order chi connectivity index (χ1) is 22.3. The summed E-state index contributed by atoms with van der Waals surface area (Å²) in [4.78, 5) is 2.54. The minimum atomic E-state index is 0.703. The minimum absolute atomic E-state index is 0.703. The van der Waals surface area contributed by atoms with E-state index in [0.29, 0.717) is 11.8 Å². The van der Waals surface area contributed by atoms with Crippen LogP contribution in [0.2, 0.25) is 0 Å². The Morgan fingerprint density at radius 1 is 0.378 bits per heavy atom. The van der Waals surface area contributed by atoms with Crippen LogP contribution in [0.4, 0.5) is 17.1 Å². The molecule has 7 aromatic carbocycles. The molecule has 45 heavy (non-hydrogen) atoms. The van der Waals surface area contributed by atoms with Gasteiger partial charge in [0, 0.05) is 16.8 Å². The highest BCUT2D eigenvalue weighted by Gasteiger charge is 2.23. The number of benzene rings is 7. The molecule has 0 bridgehead atoms. The Kier molecular flexibility index (Phi) is 6.73. The highest BCUT2D eigenvalue weighted by Crippen LogP contribution is 2.48. The molecule has 0 radical (unpaired) electrons. The molecule has 0 heterocycles. The minimum Gasteiger partial charge on any atom is -0.310 e. The number of fused-ring (bicyclic) bond motifs is 2. The average molecular weight is 584 g/mol. The molecule has 0 atom stereocenters. The largest absolute Gasteiger partial charge is 0.310 e. The number of anilines is 3. The third kappa shape index (κ3) is 4.59. The Morgan fingerprint density at radius 3 is 1.38 bits per heavy atom. The van der Waals surface area contributed by atoms with Crippen molar-refractivity contribution >= 4 is 60.2 Å². The summed E-state index contributed by atoms with van der Waals surface area (Å²) in [6.45, 7) is 0. The van der Waals surface area contributed by atoms with Gasteiger partial charge in [0.15, 0.2) is 0 Å². The first kappa shape index (κ1) is 27.0. The highest BCUT2D eigenvalue weighted by atomic mass is 15.1. The fraction of sp³-hybridized carbons (Fsp3) is 0.273. The molecule has 2 aliphatic rings. The number of rotatable bonds is 5. The van der Waals surface area contributed by atoms with Crippen LogP contribution in [0, 0.1) is 0 Å². The van der Waals surface area contributed by atoms with E-state index in [-0.39, 0.29) is 0 Å². The summed E-state index contributed by atoms with van der Waals surface area (Å²) >= 11 is 0. The summed E-state index contributed by atoms with van der Waals surface area (Å²) in [7, 11) is 0. The van der Waals surface area contributed by atoms with Crippen LogP contribution in [0.5, 0.6) is 0 Å². The van der Waals surface area contributed by atoms with E-state index >= 15 is 0 Å². The Labute approximate surface area is 266 Å². The molecular formula is C44H41N. The van der Waals surface area contributed by atoms with Crippen molar-refractivity contribution in [1.82, 2.24) is 0 Å². The van der Waals surface area contributed by atoms with Crippen LogP contribution < -0.4 is 4.90 Å². The molecule has 2 aliphatic carbocycles. The molecule has 222 valence electrons. The van der Waals surface area contributed by atoms with Crippen LogP contribution >= 0.6 is 0 Å². The highest BCUT2D eigenvalue weighted by molar-refractivity contribution is 6.35. The zero-order chi connectivity index (χ0) is 29.7. The van der Waals surface area contributed by atoms with Crippen LogP contribution in [0.3, 0.4) is 0 Å². The summed E-state index contributed by atoms with van der Waals surface area (Å²) in [5, 5.41) is 10.7.